The molecule has 0 bridgehead atoms. The number of nitrogens with zero attached hydrogens (tertiary/aromatic N) is 2. The highest BCUT2D eigenvalue weighted by atomic mass is 16.5. The summed E-state index contributed by atoms with van der Waals surface area (Å²) < 4.78 is 10.3. The number of hydrogen-bond donors (Lipinski definition) is 0. The Morgan fingerprint density at radius 2 is 1.90 bits per heavy atom. The molecule has 5 nitrogen and oxygen atoms in total. The fourth-order valence-corrected chi connectivity index (χ4v) is 2.47. The Kier molecular flexibility index (Phi) is 3.81. The van der Waals surface area contributed by atoms with Gasteiger partial charge in [-0.15, -0.1) is 0 Å². The van der Waals surface area contributed by atoms with Gasteiger partial charge >= 0.3 is 5.97 Å². The molecule has 0 unspecified atom stereocenters. The Morgan fingerprint density at radius 1 is 1.10 bits per heavy atom. The first-order valence-corrected chi connectivity index (χ1v) is 6.96. The summed E-state index contributed by atoms with van der Waals surface area (Å²) in [4.78, 5) is 19.3. The number of ether oxygens (including phenoxy) is 2. The van der Waals surface area contributed by atoms with E-state index in [-0.39, 0.29) is 5.69 Å². The number of hydrogen-bond acceptors (Lipinski definition) is 5. The van der Waals surface area contributed by atoms with E-state index < -0.39 is 5.97 Å². The van der Waals surface area contributed by atoms with Gasteiger partial charge in [0.2, 0.25) is 5.88 Å². The summed E-state index contributed by atoms with van der Waals surface area (Å²) in [6.07, 6.45) is 7.49. The average Bonchev–Trinajstić information content (AvgIpc) is 2.55. The predicted octanol–water partition coefficient (Wildman–Crippen LogP) is 2.93. The first-order valence-electron chi connectivity index (χ1n) is 6.96. The minimum atomic E-state index is -0.511. The molecule has 1 aromatic heterocycles. The third-order valence-electron chi connectivity index (χ3n) is 3.57. The summed E-state index contributed by atoms with van der Waals surface area (Å²) in [6.45, 7) is 0. The first-order chi connectivity index (χ1) is 10.3. The van der Waals surface area contributed by atoms with E-state index in [2.05, 4.69) is 26.8 Å². The topological polar surface area (TPSA) is 61.3 Å². The van der Waals surface area contributed by atoms with Gasteiger partial charge in [-0.1, -0.05) is 6.07 Å². The monoisotopic (exact) mass is 284 g/mol. The smallest absolute Gasteiger partial charge is 0.358 e. The van der Waals surface area contributed by atoms with Crippen LogP contribution < -0.4 is 4.74 Å². The lowest BCUT2D eigenvalue weighted by Crippen LogP contribution is -2.05. The molecule has 0 aliphatic heterocycles. The van der Waals surface area contributed by atoms with Crippen LogP contribution in [0.25, 0.3) is 0 Å². The average molecular weight is 284 g/mol. The van der Waals surface area contributed by atoms with Crippen molar-refractivity contribution in [1.29, 1.82) is 0 Å². The maximum Gasteiger partial charge on any atom is 0.358 e. The normalized spacial score (nSPS) is 13.4. The Hall–Kier alpha value is -2.43. The van der Waals surface area contributed by atoms with Crippen LogP contribution in [0.2, 0.25) is 0 Å². The van der Waals surface area contributed by atoms with Crippen LogP contribution >= 0.6 is 0 Å². The summed E-state index contributed by atoms with van der Waals surface area (Å²) >= 11 is 0. The molecule has 0 fully saturated rings. The zero-order valence-corrected chi connectivity index (χ0v) is 11.8. The van der Waals surface area contributed by atoms with Gasteiger partial charge in [-0.05, 0) is 48.9 Å². The van der Waals surface area contributed by atoms with Crippen molar-refractivity contribution in [3.05, 3.63) is 47.4 Å². The molecule has 1 heterocycles. The number of aromatic nitrogens is 2. The van der Waals surface area contributed by atoms with E-state index in [1.807, 2.05) is 6.07 Å². The maximum absolute atomic E-state index is 11.3. The second-order valence-electron chi connectivity index (χ2n) is 4.97. The van der Waals surface area contributed by atoms with E-state index in [9.17, 15) is 4.79 Å². The molecule has 0 amide bonds. The molecule has 0 N–H and O–H groups in total. The van der Waals surface area contributed by atoms with Gasteiger partial charge in [-0.2, -0.15) is 0 Å². The van der Waals surface area contributed by atoms with Gasteiger partial charge in [0, 0.05) is 0 Å². The zero-order valence-electron chi connectivity index (χ0n) is 11.8. The van der Waals surface area contributed by atoms with Crippen LogP contribution in [0.3, 0.4) is 0 Å². The van der Waals surface area contributed by atoms with Gasteiger partial charge in [0.15, 0.2) is 5.69 Å². The van der Waals surface area contributed by atoms with E-state index in [0.29, 0.717) is 5.88 Å². The summed E-state index contributed by atoms with van der Waals surface area (Å²) in [5, 5.41) is 0. The van der Waals surface area contributed by atoms with Crippen molar-refractivity contribution >= 4 is 5.97 Å². The van der Waals surface area contributed by atoms with Crippen molar-refractivity contribution in [2.75, 3.05) is 7.11 Å². The van der Waals surface area contributed by atoms with Crippen molar-refractivity contribution < 1.29 is 14.3 Å². The lowest BCUT2D eigenvalue weighted by atomic mass is 9.92. The molecular weight excluding hydrogens is 268 g/mol. The molecule has 1 aliphatic rings. The van der Waals surface area contributed by atoms with Crippen molar-refractivity contribution in [3.8, 4) is 11.6 Å². The molecule has 0 radical (unpaired) electrons. The van der Waals surface area contributed by atoms with E-state index >= 15 is 0 Å². The highest BCUT2D eigenvalue weighted by Crippen LogP contribution is 2.27. The molecule has 5 heteroatoms. The van der Waals surface area contributed by atoms with Crippen LogP contribution in [0, 0.1) is 0 Å². The standard InChI is InChI=1S/C16H16N2O3/c1-20-16(19)14-9-18-15(10-17-14)21-13-7-6-11-4-2-3-5-12(11)8-13/h6-10H,2-5H2,1H3. The van der Waals surface area contributed by atoms with Crippen LogP contribution in [-0.4, -0.2) is 23.0 Å². The molecule has 1 aliphatic carbocycles. The van der Waals surface area contributed by atoms with E-state index in [4.69, 9.17) is 4.74 Å². The summed E-state index contributed by atoms with van der Waals surface area (Å²) in [5.74, 6) is 0.594. The number of fused-ring (bicyclic) bond motifs is 1. The zero-order chi connectivity index (χ0) is 14.7. The molecule has 0 saturated carbocycles. The second kappa shape index (κ2) is 5.91. The second-order valence-corrected chi connectivity index (χ2v) is 4.97. The van der Waals surface area contributed by atoms with Gasteiger partial charge in [-0.25, -0.2) is 14.8 Å². The number of benzene rings is 1. The van der Waals surface area contributed by atoms with Crippen molar-refractivity contribution in [1.82, 2.24) is 9.97 Å². The number of carbonyl (C=O) groups is 1. The van der Waals surface area contributed by atoms with Crippen molar-refractivity contribution in [3.63, 3.8) is 0 Å². The number of methoxy groups -OCH3 is 1. The molecule has 108 valence electrons. The van der Waals surface area contributed by atoms with Gasteiger partial charge in [0.1, 0.15) is 5.75 Å². The largest absolute Gasteiger partial charge is 0.464 e. The minimum Gasteiger partial charge on any atom is -0.464 e. The van der Waals surface area contributed by atoms with Crippen LogP contribution in [0.5, 0.6) is 11.6 Å². The number of esters is 1. The van der Waals surface area contributed by atoms with Gasteiger partial charge in [0.25, 0.3) is 0 Å². The molecule has 3 rings (SSSR count). The summed E-state index contributed by atoms with van der Waals surface area (Å²) in [7, 11) is 1.31. The van der Waals surface area contributed by atoms with Crippen molar-refractivity contribution in [2.45, 2.75) is 25.7 Å². The highest BCUT2D eigenvalue weighted by molar-refractivity contribution is 5.86. The molecule has 21 heavy (non-hydrogen) atoms. The fourth-order valence-electron chi connectivity index (χ4n) is 2.47. The lowest BCUT2D eigenvalue weighted by molar-refractivity contribution is 0.0593. The summed E-state index contributed by atoms with van der Waals surface area (Å²) in [6, 6.07) is 6.12. The third-order valence-corrected chi connectivity index (χ3v) is 3.57. The Bertz CT molecular complexity index is 653. The van der Waals surface area contributed by atoms with Crippen LogP contribution in [0.4, 0.5) is 0 Å². The fraction of sp³-hybridized carbons (Fsp3) is 0.312. The lowest BCUT2D eigenvalue weighted by Gasteiger charge is -2.16. The first kappa shape index (κ1) is 13.5. The quantitative estimate of drug-likeness (QED) is 0.811. The van der Waals surface area contributed by atoms with E-state index in [1.165, 1.54) is 43.5 Å². The van der Waals surface area contributed by atoms with Crippen molar-refractivity contribution in [2.24, 2.45) is 0 Å². The van der Waals surface area contributed by atoms with E-state index in [0.717, 1.165) is 18.6 Å². The number of aryl methyl sites for hydroxylation is 2. The Morgan fingerprint density at radius 3 is 2.62 bits per heavy atom. The molecule has 2 aromatic rings. The maximum atomic E-state index is 11.3. The van der Waals surface area contributed by atoms with E-state index in [1.54, 1.807) is 0 Å². The Balaban J connectivity index is 1.75. The molecule has 0 saturated heterocycles. The van der Waals surface area contributed by atoms with Crippen LogP contribution in [-0.2, 0) is 17.6 Å². The summed E-state index contributed by atoms with van der Waals surface area (Å²) in [5.41, 5.74) is 2.91. The number of rotatable bonds is 3. The van der Waals surface area contributed by atoms with Crippen LogP contribution in [0.1, 0.15) is 34.5 Å². The molecular formula is C16H16N2O3. The highest BCUT2D eigenvalue weighted by Gasteiger charge is 2.11. The van der Waals surface area contributed by atoms with Gasteiger partial charge in [-0.3, -0.25) is 0 Å². The van der Waals surface area contributed by atoms with Crippen LogP contribution in [0.15, 0.2) is 30.6 Å². The Labute approximate surface area is 123 Å². The minimum absolute atomic E-state index is 0.162. The third kappa shape index (κ3) is 3.02. The molecule has 1 aromatic carbocycles. The molecule has 0 atom stereocenters. The molecule has 0 spiro atoms. The SMILES string of the molecule is COC(=O)c1cnc(Oc2ccc3c(c2)CCCC3)cn1. The number of carbonyl (C=O) groups excluding carboxylic acids is 1. The van der Waals surface area contributed by atoms with Gasteiger partial charge in [0.05, 0.1) is 19.5 Å². The predicted molar refractivity (Wildman–Crippen MR) is 76.5 cm³/mol. The van der Waals surface area contributed by atoms with Gasteiger partial charge < -0.3 is 9.47 Å².